The maximum atomic E-state index is 12.2. The predicted molar refractivity (Wildman–Crippen MR) is 138 cm³/mol. The molecule has 0 N–H and O–H groups in total. The summed E-state index contributed by atoms with van der Waals surface area (Å²) in [5.74, 6) is 1.74. The lowest BCUT2D eigenvalue weighted by atomic mass is 9.35. The summed E-state index contributed by atoms with van der Waals surface area (Å²) in [5.41, 5.74) is 4.67. The van der Waals surface area contributed by atoms with Crippen LogP contribution in [0.1, 0.15) is 113 Å². The van der Waals surface area contributed by atoms with E-state index in [-0.39, 0.29) is 22.2 Å². The zero-order valence-electron chi connectivity index (χ0n) is 22.9. The van der Waals surface area contributed by atoms with Crippen molar-refractivity contribution in [2.45, 2.75) is 113 Å². The second-order valence-electron chi connectivity index (χ2n) is 14.3. The first-order valence-corrected chi connectivity index (χ1v) is 13.7. The number of ether oxygens (including phenoxy) is 1. The van der Waals surface area contributed by atoms with Crippen LogP contribution in [0, 0.1) is 44.8 Å². The highest BCUT2D eigenvalue weighted by Gasteiger charge is 2.65. The second-order valence-corrected chi connectivity index (χ2v) is 14.3. The molecule has 0 heterocycles. The van der Waals surface area contributed by atoms with Gasteiger partial charge in [-0.3, -0.25) is 4.79 Å². The van der Waals surface area contributed by atoms with Gasteiger partial charge < -0.3 is 4.74 Å². The Hall–Kier alpha value is -1.05. The summed E-state index contributed by atoms with van der Waals surface area (Å²) in [7, 11) is 1.52. The van der Waals surface area contributed by atoms with Gasteiger partial charge in [-0.05, 0) is 110 Å². The number of allylic oxidation sites excluding steroid dienone is 3. The van der Waals surface area contributed by atoms with Crippen LogP contribution < -0.4 is 0 Å². The Labute approximate surface area is 204 Å². The van der Waals surface area contributed by atoms with E-state index in [4.69, 9.17) is 4.74 Å². The van der Waals surface area contributed by atoms with Crippen LogP contribution in [0.3, 0.4) is 0 Å². The SMILES string of the molecule is C=C(C)C1CC[C@]2(C)[C@H](CC=C3[C@H]4CC(C)(C)CC[C@]4(C)CC[C@]32C)[C@@]1(C)CCC(=O)OC. The molecule has 4 aliphatic rings. The molecule has 3 fully saturated rings. The van der Waals surface area contributed by atoms with Gasteiger partial charge in [0.1, 0.15) is 0 Å². The smallest absolute Gasteiger partial charge is 0.305 e. The highest BCUT2D eigenvalue weighted by Crippen LogP contribution is 2.74. The minimum Gasteiger partial charge on any atom is -0.469 e. The summed E-state index contributed by atoms with van der Waals surface area (Å²) < 4.78 is 5.07. The summed E-state index contributed by atoms with van der Waals surface area (Å²) in [6.07, 6.45) is 14.6. The topological polar surface area (TPSA) is 26.3 Å². The maximum Gasteiger partial charge on any atom is 0.305 e. The van der Waals surface area contributed by atoms with Crippen molar-refractivity contribution in [2.24, 2.45) is 44.8 Å². The molecule has 0 aromatic heterocycles. The number of methoxy groups -OCH3 is 1. The zero-order chi connectivity index (χ0) is 24.4. The van der Waals surface area contributed by atoms with Gasteiger partial charge in [0.15, 0.2) is 0 Å². The van der Waals surface area contributed by atoms with Gasteiger partial charge in [-0.15, -0.1) is 0 Å². The molecular formula is C31H50O2. The lowest BCUT2D eigenvalue weighted by Crippen LogP contribution is -2.61. The van der Waals surface area contributed by atoms with Crippen LogP contribution in [0.15, 0.2) is 23.8 Å². The fraction of sp³-hybridized carbons (Fsp3) is 0.839. The first-order chi connectivity index (χ1) is 15.2. The van der Waals surface area contributed by atoms with E-state index in [1.807, 2.05) is 5.57 Å². The quantitative estimate of drug-likeness (QED) is 0.314. The Kier molecular flexibility index (Phi) is 6.07. The monoisotopic (exact) mass is 454 g/mol. The van der Waals surface area contributed by atoms with Crippen molar-refractivity contribution < 1.29 is 9.53 Å². The molecular weight excluding hydrogens is 404 g/mol. The van der Waals surface area contributed by atoms with Crippen LogP contribution in [0.2, 0.25) is 0 Å². The summed E-state index contributed by atoms with van der Waals surface area (Å²) >= 11 is 0. The molecule has 2 heteroatoms. The lowest BCUT2D eigenvalue weighted by molar-refractivity contribution is -0.151. The molecule has 2 nitrogen and oxygen atoms in total. The molecule has 0 radical (unpaired) electrons. The third-order valence-electron chi connectivity index (χ3n) is 12.0. The number of carbonyl (C=O) groups excluding carboxylic acids is 1. The molecule has 0 aromatic carbocycles. The molecule has 0 aromatic rings. The average Bonchev–Trinajstić information content (AvgIpc) is 2.73. The first kappa shape index (κ1) is 25.1. The number of rotatable bonds is 4. The van der Waals surface area contributed by atoms with E-state index >= 15 is 0 Å². The van der Waals surface area contributed by atoms with E-state index in [1.165, 1.54) is 57.6 Å². The van der Waals surface area contributed by atoms with Crippen molar-refractivity contribution in [2.75, 3.05) is 7.11 Å². The number of fused-ring (bicyclic) bond motifs is 5. The largest absolute Gasteiger partial charge is 0.469 e. The number of carbonyl (C=O) groups is 1. The Morgan fingerprint density at radius 3 is 2.36 bits per heavy atom. The Morgan fingerprint density at radius 1 is 1.06 bits per heavy atom. The molecule has 7 atom stereocenters. The van der Waals surface area contributed by atoms with E-state index in [2.05, 4.69) is 61.1 Å². The molecule has 3 saturated carbocycles. The van der Waals surface area contributed by atoms with E-state index in [9.17, 15) is 4.79 Å². The zero-order valence-corrected chi connectivity index (χ0v) is 22.9. The van der Waals surface area contributed by atoms with Gasteiger partial charge in [0.05, 0.1) is 7.11 Å². The van der Waals surface area contributed by atoms with Crippen LogP contribution in [0.4, 0.5) is 0 Å². The minimum atomic E-state index is -0.0694. The van der Waals surface area contributed by atoms with Crippen LogP contribution in [0.5, 0.6) is 0 Å². The first-order valence-electron chi connectivity index (χ1n) is 13.7. The summed E-state index contributed by atoms with van der Waals surface area (Å²) in [6.45, 7) is 22.0. The van der Waals surface area contributed by atoms with E-state index < -0.39 is 0 Å². The van der Waals surface area contributed by atoms with Gasteiger partial charge in [-0.25, -0.2) is 0 Å². The van der Waals surface area contributed by atoms with Crippen LogP contribution in [0.25, 0.3) is 0 Å². The Morgan fingerprint density at radius 2 is 1.73 bits per heavy atom. The minimum absolute atomic E-state index is 0.0694. The summed E-state index contributed by atoms with van der Waals surface area (Å²) in [6, 6.07) is 0. The van der Waals surface area contributed by atoms with Gasteiger partial charge in [-0.1, -0.05) is 65.3 Å². The molecule has 186 valence electrons. The molecule has 0 amide bonds. The molecule has 0 spiro atoms. The third-order valence-corrected chi connectivity index (χ3v) is 12.0. The normalized spacial score (nSPS) is 46.3. The third kappa shape index (κ3) is 3.68. The van der Waals surface area contributed by atoms with Gasteiger partial charge in [0.25, 0.3) is 0 Å². The van der Waals surface area contributed by atoms with Crippen molar-refractivity contribution in [3.63, 3.8) is 0 Å². The molecule has 4 aliphatic carbocycles. The lowest BCUT2D eigenvalue weighted by Gasteiger charge is -2.69. The molecule has 33 heavy (non-hydrogen) atoms. The highest BCUT2D eigenvalue weighted by molar-refractivity contribution is 5.69. The van der Waals surface area contributed by atoms with Gasteiger partial charge >= 0.3 is 5.97 Å². The Bertz CT molecular complexity index is 851. The second kappa shape index (κ2) is 7.99. The van der Waals surface area contributed by atoms with Gasteiger partial charge in [-0.2, -0.15) is 0 Å². The van der Waals surface area contributed by atoms with Gasteiger partial charge in [0.2, 0.25) is 0 Å². The van der Waals surface area contributed by atoms with Crippen LogP contribution in [-0.2, 0) is 9.53 Å². The Balaban J connectivity index is 1.76. The summed E-state index contributed by atoms with van der Waals surface area (Å²) in [5, 5.41) is 0. The van der Waals surface area contributed by atoms with Crippen molar-refractivity contribution in [3.05, 3.63) is 23.8 Å². The fourth-order valence-corrected chi connectivity index (χ4v) is 9.52. The maximum absolute atomic E-state index is 12.2. The standard InChI is InChI=1S/C31H50O2/c1-21(2)22-12-15-31(8)25(29(22,6)14-13-26(32)33-9)11-10-23-24-20-27(3,4)16-17-28(24,5)18-19-30(23,31)7/h10,22,24-25H,1,11-20H2,2-9H3/t22?,24-,25-,28-,29+,30-,31-/m1/s1. The molecule has 0 saturated heterocycles. The molecule has 0 aliphatic heterocycles. The van der Waals surface area contributed by atoms with Gasteiger partial charge in [0, 0.05) is 6.42 Å². The fourth-order valence-electron chi connectivity index (χ4n) is 9.52. The van der Waals surface area contributed by atoms with E-state index in [1.54, 1.807) is 0 Å². The predicted octanol–water partition coefficient (Wildman–Crippen LogP) is 8.52. The van der Waals surface area contributed by atoms with E-state index in [0.29, 0.717) is 29.1 Å². The number of esters is 1. The molecule has 4 rings (SSSR count). The number of hydrogen-bond donors (Lipinski definition) is 0. The average molecular weight is 455 g/mol. The highest BCUT2D eigenvalue weighted by atomic mass is 16.5. The van der Waals surface area contributed by atoms with E-state index in [0.717, 1.165) is 18.8 Å². The van der Waals surface area contributed by atoms with Crippen LogP contribution >= 0.6 is 0 Å². The summed E-state index contributed by atoms with van der Waals surface area (Å²) in [4.78, 5) is 12.2. The molecule has 0 bridgehead atoms. The van der Waals surface area contributed by atoms with Crippen LogP contribution in [-0.4, -0.2) is 13.1 Å². The van der Waals surface area contributed by atoms with Crippen molar-refractivity contribution in [3.8, 4) is 0 Å². The van der Waals surface area contributed by atoms with Crippen molar-refractivity contribution in [1.82, 2.24) is 0 Å². The molecule has 1 unspecified atom stereocenters. The number of hydrogen-bond acceptors (Lipinski definition) is 2. The van der Waals surface area contributed by atoms with Crippen molar-refractivity contribution in [1.29, 1.82) is 0 Å². The van der Waals surface area contributed by atoms with Crippen molar-refractivity contribution >= 4 is 5.97 Å².